The van der Waals surface area contributed by atoms with Gasteiger partial charge in [0.1, 0.15) is 0 Å². The lowest BCUT2D eigenvalue weighted by molar-refractivity contribution is -0.120. The van der Waals surface area contributed by atoms with Gasteiger partial charge in [0.15, 0.2) is 0 Å². The molecule has 1 fully saturated rings. The minimum absolute atomic E-state index is 0.0772. The highest BCUT2D eigenvalue weighted by Gasteiger charge is 2.29. The largest absolute Gasteiger partial charge is 0.326 e. The third-order valence-electron chi connectivity index (χ3n) is 3.38. The third-order valence-corrected chi connectivity index (χ3v) is 4.24. The van der Waals surface area contributed by atoms with Crippen LogP contribution in [0.5, 0.6) is 0 Å². The molecular weight excluding hydrogens is 280 g/mol. The van der Waals surface area contributed by atoms with Gasteiger partial charge in [-0.3, -0.25) is 4.79 Å². The first-order valence-electron chi connectivity index (χ1n) is 5.86. The van der Waals surface area contributed by atoms with Crippen molar-refractivity contribution in [3.05, 3.63) is 28.2 Å². The first kappa shape index (κ1) is 12.6. The molecule has 1 aliphatic rings. The Kier molecular flexibility index (Phi) is 3.84. The van der Waals surface area contributed by atoms with Crippen LogP contribution in [0.1, 0.15) is 12.5 Å². The summed E-state index contributed by atoms with van der Waals surface area (Å²) in [6, 6.07) is 5.85. The van der Waals surface area contributed by atoms with Crippen LogP contribution in [-0.4, -0.2) is 19.0 Å². The van der Waals surface area contributed by atoms with E-state index in [0.29, 0.717) is 5.92 Å². The first-order chi connectivity index (χ1) is 8.09. The van der Waals surface area contributed by atoms with Crippen molar-refractivity contribution < 1.29 is 4.79 Å². The SMILES string of the molecule is Cc1c(Br)cccc1NC(=O)[C@@H]1CNC[C@H]1C. The Hall–Kier alpha value is -0.870. The molecule has 3 nitrogen and oxygen atoms in total. The Labute approximate surface area is 110 Å². The van der Waals surface area contributed by atoms with Crippen molar-refractivity contribution in [2.24, 2.45) is 11.8 Å². The zero-order chi connectivity index (χ0) is 12.4. The number of anilines is 1. The molecule has 2 rings (SSSR count). The van der Waals surface area contributed by atoms with E-state index in [-0.39, 0.29) is 11.8 Å². The molecule has 92 valence electrons. The van der Waals surface area contributed by atoms with E-state index in [1.54, 1.807) is 0 Å². The summed E-state index contributed by atoms with van der Waals surface area (Å²) in [4.78, 5) is 12.1. The number of rotatable bonds is 2. The molecule has 1 aliphatic heterocycles. The predicted octanol–water partition coefficient (Wildman–Crippen LogP) is 2.55. The van der Waals surface area contributed by atoms with Crippen molar-refractivity contribution in [2.75, 3.05) is 18.4 Å². The van der Waals surface area contributed by atoms with Gasteiger partial charge in [-0.15, -0.1) is 0 Å². The average molecular weight is 297 g/mol. The first-order valence-corrected chi connectivity index (χ1v) is 6.65. The van der Waals surface area contributed by atoms with E-state index in [4.69, 9.17) is 0 Å². The monoisotopic (exact) mass is 296 g/mol. The molecular formula is C13H17BrN2O. The number of carbonyl (C=O) groups excluding carboxylic acids is 1. The van der Waals surface area contributed by atoms with Gasteiger partial charge in [-0.2, -0.15) is 0 Å². The lowest BCUT2D eigenvalue weighted by Crippen LogP contribution is -2.28. The zero-order valence-corrected chi connectivity index (χ0v) is 11.7. The van der Waals surface area contributed by atoms with Crippen LogP contribution in [0.25, 0.3) is 0 Å². The second-order valence-corrected chi connectivity index (χ2v) is 5.50. The van der Waals surface area contributed by atoms with Gasteiger partial charge in [-0.05, 0) is 37.1 Å². The van der Waals surface area contributed by atoms with Crippen LogP contribution >= 0.6 is 15.9 Å². The molecule has 1 aromatic carbocycles. The smallest absolute Gasteiger partial charge is 0.229 e. The summed E-state index contributed by atoms with van der Waals surface area (Å²) in [6.45, 7) is 5.81. The molecule has 0 radical (unpaired) electrons. The molecule has 0 saturated carbocycles. The molecule has 0 spiro atoms. The summed E-state index contributed by atoms with van der Waals surface area (Å²) < 4.78 is 1.02. The highest BCUT2D eigenvalue weighted by Crippen LogP contribution is 2.25. The molecule has 2 N–H and O–H groups in total. The van der Waals surface area contributed by atoms with E-state index in [1.807, 2.05) is 25.1 Å². The van der Waals surface area contributed by atoms with Gasteiger partial charge < -0.3 is 10.6 Å². The molecule has 0 aliphatic carbocycles. The second-order valence-electron chi connectivity index (χ2n) is 4.64. The molecule has 0 bridgehead atoms. The molecule has 1 aromatic rings. The molecule has 1 saturated heterocycles. The summed E-state index contributed by atoms with van der Waals surface area (Å²) in [7, 11) is 0. The molecule has 1 amide bonds. The normalized spacial score (nSPS) is 23.7. The minimum atomic E-state index is 0.0772. The van der Waals surface area contributed by atoms with Gasteiger partial charge >= 0.3 is 0 Å². The number of nitrogens with one attached hydrogen (secondary N) is 2. The van der Waals surface area contributed by atoms with Crippen molar-refractivity contribution in [2.45, 2.75) is 13.8 Å². The summed E-state index contributed by atoms with van der Waals surface area (Å²) in [5.74, 6) is 0.597. The number of amides is 1. The zero-order valence-electron chi connectivity index (χ0n) is 10.1. The van der Waals surface area contributed by atoms with Crippen molar-refractivity contribution in [1.29, 1.82) is 0 Å². The highest BCUT2D eigenvalue weighted by molar-refractivity contribution is 9.10. The molecule has 0 aromatic heterocycles. The average Bonchev–Trinajstić information content (AvgIpc) is 2.71. The summed E-state index contributed by atoms with van der Waals surface area (Å²) in [5.41, 5.74) is 1.96. The quantitative estimate of drug-likeness (QED) is 0.881. The Morgan fingerprint density at radius 3 is 2.88 bits per heavy atom. The van der Waals surface area contributed by atoms with Gasteiger partial charge in [0.25, 0.3) is 0 Å². The highest BCUT2D eigenvalue weighted by atomic mass is 79.9. The number of halogens is 1. The van der Waals surface area contributed by atoms with Gasteiger partial charge in [0, 0.05) is 16.7 Å². The van der Waals surface area contributed by atoms with Gasteiger partial charge in [-0.25, -0.2) is 0 Å². The van der Waals surface area contributed by atoms with Gasteiger partial charge in [-0.1, -0.05) is 28.9 Å². The topological polar surface area (TPSA) is 41.1 Å². The fourth-order valence-corrected chi connectivity index (χ4v) is 2.50. The Balaban J connectivity index is 2.10. The Morgan fingerprint density at radius 1 is 1.47 bits per heavy atom. The van der Waals surface area contributed by atoms with E-state index in [9.17, 15) is 4.79 Å². The summed E-state index contributed by atoms with van der Waals surface area (Å²) in [6.07, 6.45) is 0. The van der Waals surface area contributed by atoms with Crippen LogP contribution in [0.2, 0.25) is 0 Å². The van der Waals surface area contributed by atoms with Crippen molar-refractivity contribution in [3.8, 4) is 0 Å². The Bertz CT molecular complexity index is 433. The maximum Gasteiger partial charge on any atom is 0.229 e. The third kappa shape index (κ3) is 2.69. The van der Waals surface area contributed by atoms with Crippen LogP contribution in [0, 0.1) is 18.8 Å². The fraction of sp³-hybridized carbons (Fsp3) is 0.462. The fourth-order valence-electron chi connectivity index (χ4n) is 2.13. The summed E-state index contributed by atoms with van der Waals surface area (Å²) in [5, 5.41) is 6.26. The van der Waals surface area contributed by atoms with Crippen LogP contribution in [-0.2, 0) is 4.79 Å². The van der Waals surface area contributed by atoms with Crippen molar-refractivity contribution in [1.82, 2.24) is 5.32 Å². The molecule has 2 atom stereocenters. The standard InChI is InChI=1S/C13H17BrN2O/c1-8-6-15-7-10(8)13(17)16-12-5-3-4-11(14)9(12)2/h3-5,8,10,15H,6-7H2,1-2H3,(H,16,17)/t8-,10-/m1/s1. The van der Waals surface area contributed by atoms with Crippen molar-refractivity contribution in [3.63, 3.8) is 0 Å². The molecule has 1 heterocycles. The van der Waals surface area contributed by atoms with E-state index < -0.39 is 0 Å². The number of hydrogen-bond acceptors (Lipinski definition) is 2. The number of hydrogen-bond donors (Lipinski definition) is 2. The van der Waals surface area contributed by atoms with Gasteiger partial charge in [0.05, 0.1) is 5.92 Å². The van der Waals surface area contributed by atoms with E-state index in [1.165, 1.54) is 0 Å². The van der Waals surface area contributed by atoms with E-state index in [0.717, 1.165) is 28.8 Å². The molecule has 17 heavy (non-hydrogen) atoms. The van der Waals surface area contributed by atoms with Crippen LogP contribution in [0.4, 0.5) is 5.69 Å². The lowest BCUT2D eigenvalue weighted by Gasteiger charge is -2.16. The maximum absolute atomic E-state index is 12.1. The van der Waals surface area contributed by atoms with Gasteiger partial charge in [0.2, 0.25) is 5.91 Å². The maximum atomic E-state index is 12.1. The molecule has 0 unspecified atom stereocenters. The Morgan fingerprint density at radius 2 is 2.24 bits per heavy atom. The van der Waals surface area contributed by atoms with Crippen LogP contribution in [0.3, 0.4) is 0 Å². The second kappa shape index (κ2) is 5.19. The number of benzene rings is 1. The summed E-state index contributed by atoms with van der Waals surface area (Å²) >= 11 is 3.47. The molecule has 4 heteroatoms. The van der Waals surface area contributed by atoms with E-state index >= 15 is 0 Å². The predicted molar refractivity (Wildman–Crippen MR) is 73.0 cm³/mol. The van der Waals surface area contributed by atoms with Crippen LogP contribution < -0.4 is 10.6 Å². The van der Waals surface area contributed by atoms with E-state index in [2.05, 4.69) is 33.5 Å². The number of carbonyl (C=O) groups is 1. The lowest BCUT2D eigenvalue weighted by atomic mass is 9.97. The minimum Gasteiger partial charge on any atom is -0.326 e. The van der Waals surface area contributed by atoms with Crippen molar-refractivity contribution >= 4 is 27.5 Å². The van der Waals surface area contributed by atoms with Crippen LogP contribution in [0.15, 0.2) is 22.7 Å².